The molecule has 8 nitrogen and oxygen atoms in total. The molecule has 0 saturated heterocycles. The van der Waals surface area contributed by atoms with Crippen LogP contribution in [0.1, 0.15) is 18.1 Å². The first-order valence-electron chi connectivity index (χ1n) is 11.6. The second-order valence-corrected chi connectivity index (χ2v) is 7.34. The van der Waals surface area contributed by atoms with Gasteiger partial charge in [-0.05, 0) is 29.2 Å². The maximum absolute atomic E-state index is 5.65. The molecule has 0 radical (unpaired) electrons. The van der Waals surface area contributed by atoms with Crippen LogP contribution in [0.25, 0.3) is 11.1 Å². The largest absolute Gasteiger partial charge is 0.498 e. The lowest BCUT2D eigenvalue weighted by atomic mass is 10.0. The predicted molar refractivity (Wildman–Crippen MR) is 133 cm³/mol. The Hall–Kier alpha value is -1.78. The molecule has 0 heterocycles. The Balaban J connectivity index is 2.13. The van der Waals surface area contributed by atoms with E-state index in [1.54, 1.807) is 20.5 Å². The first kappa shape index (κ1) is 30.3. The summed E-state index contributed by atoms with van der Waals surface area (Å²) in [5.74, 6) is 0. The summed E-state index contributed by atoms with van der Waals surface area (Å²) in [5, 5.41) is 0. The van der Waals surface area contributed by atoms with Gasteiger partial charge in [0.2, 0.25) is 0 Å². The molecule has 1 aromatic carbocycles. The number of rotatable bonds is 23. The number of benzene rings is 1. The van der Waals surface area contributed by atoms with Crippen molar-refractivity contribution in [2.45, 2.75) is 6.92 Å². The fourth-order valence-electron chi connectivity index (χ4n) is 2.65. The fourth-order valence-corrected chi connectivity index (χ4v) is 2.65. The van der Waals surface area contributed by atoms with E-state index in [1.165, 1.54) is 0 Å². The molecule has 1 rings (SSSR count). The molecule has 0 aliphatic rings. The van der Waals surface area contributed by atoms with Crippen molar-refractivity contribution < 1.29 is 37.9 Å². The quantitative estimate of drug-likeness (QED) is 0.173. The van der Waals surface area contributed by atoms with Crippen molar-refractivity contribution in [2.75, 3.05) is 100 Å². The SMILES string of the molecule is C=C(COCCOCCOCCOC)c1ccc(C(C)=COCCOCCOCCOC)cc1. The maximum atomic E-state index is 5.65. The van der Waals surface area contributed by atoms with Gasteiger partial charge in [-0.25, -0.2) is 0 Å². The van der Waals surface area contributed by atoms with Crippen LogP contribution >= 0.6 is 0 Å². The summed E-state index contributed by atoms with van der Waals surface area (Å²) in [7, 11) is 3.30. The lowest BCUT2D eigenvalue weighted by Gasteiger charge is -2.10. The number of methoxy groups -OCH3 is 2. The third-order valence-electron chi connectivity index (χ3n) is 4.61. The van der Waals surface area contributed by atoms with E-state index in [0.717, 1.165) is 22.3 Å². The summed E-state index contributed by atoms with van der Waals surface area (Å²) < 4.78 is 42.6. The predicted octanol–water partition coefficient (Wildman–Crippen LogP) is 3.45. The van der Waals surface area contributed by atoms with Crippen LogP contribution in [0.3, 0.4) is 0 Å². The fraction of sp³-hybridized carbons (Fsp3) is 0.615. The van der Waals surface area contributed by atoms with Gasteiger partial charge in [0, 0.05) is 14.2 Å². The van der Waals surface area contributed by atoms with Gasteiger partial charge in [-0.2, -0.15) is 0 Å². The molecule has 0 atom stereocenters. The molecule has 0 unspecified atom stereocenters. The van der Waals surface area contributed by atoms with Crippen molar-refractivity contribution >= 4 is 11.1 Å². The Bertz CT molecular complexity index is 645. The van der Waals surface area contributed by atoms with Crippen LogP contribution in [0.5, 0.6) is 0 Å². The Morgan fingerprint density at radius 3 is 1.53 bits per heavy atom. The highest BCUT2D eigenvalue weighted by Gasteiger charge is 2.02. The molecule has 0 aliphatic heterocycles. The van der Waals surface area contributed by atoms with Gasteiger partial charge in [0.25, 0.3) is 0 Å². The summed E-state index contributed by atoms with van der Waals surface area (Å²) in [6.45, 7) is 13.2. The first-order chi connectivity index (χ1) is 16.7. The number of hydrogen-bond acceptors (Lipinski definition) is 8. The third-order valence-corrected chi connectivity index (χ3v) is 4.61. The van der Waals surface area contributed by atoms with E-state index < -0.39 is 0 Å². The molecule has 1 aromatic rings. The number of ether oxygens (including phenoxy) is 8. The molecule has 0 fully saturated rings. The highest BCUT2D eigenvalue weighted by atomic mass is 16.6. The monoisotopic (exact) mass is 482 g/mol. The molecule has 0 aromatic heterocycles. The average molecular weight is 483 g/mol. The van der Waals surface area contributed by atoms with Gasteiger partial charge in [0.05, 0.1) is 85.5 Å². The van der Waals surface area contributed by atoms with E-state index in [9.17, 15) is 0 Å². The highest BCUT2D eigenvalue weighted by Crippen LogP contribution is 2.18. The summed E-state index contributed by atoms with van der Waals surface area (Å²) >= 11 is 0. The van der Waals surface area contributed by atoms with Gasteiger partial charge in [-0.15, -0.1) is 0 Å². The molecule has 0 spiro atoms. The molecule has 0 saturated carbocycles. The second-order valence-electron chi connectivity index (χ2n) is 7.34. The van der Waals surface area contributed by atoms with Gasteiger partial charge in [-0.1, -0.05) is 30.8 Å². The normalized spacial score (nSPS) is 11.7. The van der Waals surface area contributed by atoms with E-state index in [4.69, 9.17) is 37.9 Å². The van der Waals surface area contributed by atoms with Crippen molar-refractivity contribution in [3.05, 3.63) is 48.2 Å². The summed E-state index contributed by atoms with van der Waals surface area (Å²) in [6.07, 6.45) is 1.76. The minimum atomic E-state index is 0.461. The van der Waals surface area contributed by atoms with Crippen molar-refractivity contribution in [3.63, 3.8) is 0 Å². The van der Waals surface area contributed by atoms with Crippen LogP contribution in [-0.2, 0) is 37.9 Å². The molecular formula is C26H42O8. The van der Waals surface area contributed by atoms with Crippen LogP contribution < -0.4 is 0 Å². The minimum Gasteiger partial charge on any atom is -0.498 e. The minimum absolute atomic E-state index is 0.461. The highest BCUT2D eigenvalue weighted by molar-refractivity contribution is 5.68. The van der Waals surface area contributed by atoms with E-state index in [2.05, 4.69) is 18.7 Å². The molecular weight excluding hydrogens is 440 g/mol. The van der Waals surface area contributed by atoms with Crippen LogP contribution in [0, 0.1) is 0 Å². The van der Waals surface area contributed by atoms with Crippen LogP contribution in [0.4, 0.5) is 0 Å². The van der Waals surface area contributed by atoms with Crippen molar-refractivity contribution in [3.8, 4) is 0 Å². The van der Waals surface area contributed by atoms with Crippen LogP contribution in [-0.4, -0.2) is 100 Å². The molecule has 0 aliphatic carbocycles. The van der Waals surface area contributed by atoms with E-state index in [0.29, 0.717) is 85.9 Å². The number of hydrogen-bond donors (Lipinski definition) is 0. The van der Waals surface area contributed by atoms with Crippen molar-refractivity contribution in [1.82, 2.24) is 0 Å². The standard InChI is InChI=1S/C26H42O8/c1-23(21-33-19-17-31-15-13-29-11-9-27-3)25-5-7-26(8-6-25)24(2)22-34-20-18-32-16-14-30-12-10-28-4/h5-8,22H,1,9-21H2,2-4H3. The van der Waals surface area contributed by atoms with Crippen molar-refractivity contribution in [1.29, 1.82) is 0 Å². The lowest BCUT2D eigenvalue weighted by molar-refractivity contribution is 0.00763. The zero-order valence-corrected chi connectivity index (χ0v) is 21.1. The smallest absolute Gasteiger partial charge is 0.111 e. The van der Waals surface area contributed by atoms with Crippen LogP contribution in [0.2, 0.25) is 0 Å². The van der Waals surface area contributed by atoms with E-state index in [1.807, 2.05) is 19.1 Å². The molecule has 0 N–H and O–H groups in total. The third kappa shape index (κ3) is 16.0. The summed E-state index contributed by atoms with van der Waals surface area (Å²) in [5.41, 5.74) is 4.10. The molecule has 0 bridgehead atoms. The van der Waals surface area contributed by atoms with Gasteiger partial charge < -0.3 is 37.9 Å². The Labute approximate surface area is 204 Å². The Kier molecular flexibility index (Phi) is 19.3. The van der Waals surface area contributed by atoms with Gasteiger partial charge in [0.15, 0.2) is 0 Å². The average Bonchev–Trinajstić information content (AvgIpc) is 2.86. The molecule has 194 valence electrons. The molecule has 8 heteroatoms. The van der Waals surface area contributed by atoms with Gasteiger partial charge >= 0.3 is 0 Å². The Morgan fingerprint density at radius 1 is 0.618 bits per heavy atom. The Morgan fingerprint density at radius 2 is 1.03 bits per heavy atom. The second kappa shape index (κ2) is 21.7. The van der Waals surface area contributed by atoms with E-state index in [-0.39, 0.29) is 0 Å². The van der Waals surface area contributed by atoms with Crippen LogP contribution in [0.15, 0.2) is 37.1 Å². The van der Waals surface area contributed by atoms with Crippen molar-refractivity contribution in [2.24, 2.45) is 0 Å². The zero-order valence-electron chi connectivity index (χ0n) is 21.1. The number of allylic oxidation sites excluding steroid dienone is 1. The van der Waals surface area contributed by atoms with E-state index >= 15 is 0 Å². The molecule has 34 heavy (non-hydrogen) atoms. The lowest BCUT2D eigenvalue weighted by Crippen LogP contribution is -2.11. The summed E-state index contributed by atoms with van der Waals surface area (Å²) in [4.78, 5) is 0. The maximum Gasteiger partial charge on any atom is 0.111 e. The first-order valence-corrected chi connectivity index (χ1v) is 11.6. The summed E-state index contributed by atoms with van der Waals surface area (Å²) in [6, 6.07) is 8.18. The topological polar surface area (TPSA) is 73.8 Å². The van der Waals surface area contributed by atoms with Gasteiger partial charge in [-0.3, -0.25) is 0 Å². The zero-order chi connectivity index (χ0) is 24.7. The molecule has 0 amide bonds. The van der Waals surface area contributed by atoms with Gasteiger partial charge in [0.1, 0.15) is 6.61 Å².